The second kappa shape index (κ2) is 6.30. The third-order valence-corrected chi connectivity index (χ3v) is 5.00. The summed E-state index contributed by atoms with van der Waals surface area (Å²) in [5.74, 6) is -0.960. The molecule has 2 aliphatic heterocycles. The second-order valence-corrected chi connectivity index (χ2v) is 6.61. The molecular formula is C17H24F2N2. The van der Waals surface area contributed by atoms with E-state index in [0.717, 1.165) is 38.7 Å². The highest BCUT2D eigenvalue weighted by Gasteiger charge is 2.35. The van der Waals surface area contributed by atoms with Crippen molar-refractivity contribution < 1.29 is 8.78 Å². The number of nitrogens with zero attached hydrogens (tertiary/aromatic N) is 1. The molecule has 0 atom stereocenters. The monoisotopic (exact) mass is 294 g/mol. The molecule has 0 aromatic heterocycles. The maximum Gasteiger partial charge on any atom is 0.128 e. The number of halogens is 2. The van der Waals surface area contributed by atoms with Crippen LogP contribution in [-0.2, 0) is 0 Å². The van der Waals surface area contributed by atoms with E-state index in [1.54, 1.807) is 0 Å². The van der Waals surface area contributed by atoms with Crippen molar-refractivity contribution in [2.24, 2.45) is 5.41 Å². The SMILES string of the molecule is Fc1cc(F)cc(N2CCCC3(CCCNCCC3)C2)c1. The first-order chi connectivity index (χ1) is 10.2. The Labute approximate surface area is 125 Å². The standard InChI is InChI=1S/C17H24F2N2/c18-14-10-15(19)12-16(11-14)21-9-3-6-17(13-21)4-1-7-20-8-2-5-17/h10-12,20H,1-9,13H2. The van der Waals surface area contributed by atoms with Crippen LogP contribution in [0.1, 0.15) is 38.5 Å². The van der Waals surface area contributed by atoms with Crippen LogP contribution in [0.25, 0.3) is 0 Å². The lowest BCUT2D eigenvalue weighted by Crippen LogP contribution is -2.45. The lowest BCUT2D eigenvalue weighted by Gasteiger charge is -2.45. The number of anilines is 1. The van der Waals surface area contributed by atoms with Gasteiger partial charge >= 0.3 is 0 Å². The van der Waals surface area contributed by atoms with Gasteiger partial charge < -0.3 is 10.2 Å². The normalized spacial score (nSPS) is 22.9. The molecule has 0 unspecified atom stereocenters. The van der Waals surface area contributed by atoms with E-state index in [-0.39, 0.29) is 0 Å². The van der Waals surface area contributed by atoms with Crippen molar-refractivity contribution in [2.45, 2.75) is 38.5 Å². The van der Waals surface area contributed by atoms with E-state index in [1.807, 2.05) is 0 Å². The van der Waals surface area contributed by atoms with Gasteiger partial charge in [0, 0.05) is 24.8 Å². The Kier molecular flexibility index (Phi) is 4.43. The lowest BCUT2D eigenvalue weighted by atomic mass is 9.72. The zero-order chi connectivity index (χ0) is 14.7. The average Bonchev–Trinajstić information content (AvgIpc) is 2.43. The lowest BCUT2D eigenvalue weighted by molar-refractivity contribution is 0.176. The van der Waals surface area contributed by atoms with E-state index in [0.29, 0.717) is 11.1 Å². The van der Waals surface area contributed by atoms with Crippen LogP contribution in [0.15, 0.2) is 18.2 Å². The van der Waals surface area contributed by atoms with Crippen molar-refractivity contribution in [1.29, 1.82) is 0 Å². The maximum absolute atomic E-state index is 13.5. The zero-order valence-corrected chi connectivity index (χ0v) is 12.5. The minimum absolute atomic E-state index is 0.336. The van der Waals surface area contributed by atoms with Crippen LogP contribution >= 0.6 is 0 Å². The fourth-order valence-corrected chi connectivity index (χ4v) is 3.99. The highest BCUT2D eigenvalue weighted by molar-refractivity contribution is 5.47. The Bertz CT molecular complexity index is 461. The van der Waals surface area contributed by atoms with Gasteiger partial charge in [-0.1, -0.05) is 0 Å². The van der Waals surface area contributed by atoms with Crippen LogP contribution in [0.5, 0.6) is 0 Å². The Morgan fingerprint density at radius 3 is 2.19 bits per heavy atom. The molecule has 3 rings (SSSR count). The summed E-state index contributed by atoms with van der Waals surface area (Å²) in [6.45, 7) is 4.03. The van der Waals surface area contributed by atoms with Crippen molar-refractivity contribution in [3.63, 3.8) is 0 Å². The molecule has 2 heterocycles. The molecule has 0 bridgehead atoms. The molecule has 0 saturated carbocycles. The molecule has 4 heteroatoms. The molecule has 21 heavy (non-hydrogen) atoms. The van der Waals surface area contributed by atoms with Crippen molar-refractivity contribution >= 4 is 5.69 Å². The summed E-state index contributed by atoms with van der Waals surface area (Å²) in [5.41, 5.74) is 1.04. The Morgan fingerprint density at radius 2 is 1.52 bits per heavy atom. The molecule has 1 aromatic carbocycles. The largest absolute Gasteiger partial charge is 0.371 e. The minimum Gasteiger partial charge on any atom is -0.371 e. The van der Waals surface area contributed by atoms with Gasteiger partial charge in [0.2, 0.25) is 0 Å². The predicted octanol–water partition coefficient (Wildman–Crippen LogP) is 3.72. The maximum atomic E-state index is 13.5. The van der Waals surface area contributed by atoms with Gasteiger partial charge in [-0.05, 0) is 69.2 Å². The van der Waals surface area contributed by atoms with Crippen molar-refractivity contribution in [3.05, 3.63) is 29.8 Å². The van der Waals surface area contributed by atoms with Gasteiger partial charge in [-0.15, -0.1) is 0 Å². The summed E-state index contributed by atoms with van der Waals surface area (Å²) in [6, 6.07) is 3.88. The first-order valence-corrected chi connectivity index (χ1v) is 8.09. The molecule has 116 valence electrons. The van der Waals surface area contributed by atoms with Crippen LogP contribution in [-0.4, -0.2) is 26.2 Å². The summed E-state index contributed by atoms with van der Waals surface area (Å²) < 4.78 is 26.9. The number of benzene rings is 1. The Morgan fingerprint density at radius 1 is 0.905 bits per heavy atom. The van der Waals surface area contributed by atoms with Crippen LogP contribution in [0, 0.1) is 17.0 Å². The van der Waals surface area contributed by atoms with Crippen LogP contribution in [0.2, 0.25) is 0 Å². The zero-order valence-electron chi connectivity index (χ0n) is 12.5. The molecule has 2 nitrogen and oxygen atoms in total. The van der Waals surface area contributed by atoms with E-state index in [2.05, 4.69) is 10.2 Å². The van der Waals surface area contributed by atoms with Crippen molar-refractivity contribution in [1.82, 2.24) is 5.32 Å². The topological polar surface area (TPSA) is 15.3 Å². The number of nitrogens with one attached hydrogen (secondary N) is 1. The first kappa shape index (κ1) is 14.8. The van der Waals surface area contributed by atoms with Gasteiger partial charge in [0.25, 0.3) is 0 Å². The summed E-state index contributed by atoms with van der Waals surface area (Å²) >= 11 is 0. The van der Waals surface area contributed by atoms with Gasteiger partial charge in [-0.3, -0.25) is 0 Å². The Balaban J connectivity index is 1.77. The minimum atomic E-state index is -0.480. The van der Waals surface area contributed by atoms with Gasteiger partial charge in [-0.25, -0.2) is 8.78 Å². The highest BCUT2D eigenvalue weighted by Crippen LogP contribution is 2.40. The number of piperidine rings is 1. The molecular weight excluding hydrogens is 270 g/mol. The Hall–Kier alpha value is -1.16. The summed E-state index contributed by atoms with van der Waals surface area (Å²) in [6.07, 6.45) is 7.20. The van der Waals surface area contributed by atoms with Crippen LogP contribution in [0.3, 0.4) is 0 Å². The molecule has 2 aliphatic rings. The third-order valence-electron chi connectivity index (χ3n) is 5.00. The van der Waals surface area contributed by atoms with Gasteiger partial charge in [-0.2, -0.15) is 0 Å². The molecule has 1 N–H and O–H groups in total. The molecule has 1 spiro atoms. The quantitative estimate of drug-likeness (QED) is 0.849. The van der Waals surface area contributed by atoms with Crippen LogP contribution in [0.4, 0.5) is 14.5 Å². The molecule has 0 radical (unpaired) electrons. The summed E-state index contributed by atoms with van der Waals surface area (Å²) in [5, 5.41) is 3.45. The van der Waals surface area contributed by atoms with Crippen LogP contribution < -0.4 is 10.2 Å². The smallest absolute Gasteiger partial charge is 0.128 e. The second-order valence-electron chi connectivity index (χ2n) is 6.61. The number of hydrogen-bond donors (Lipinski definition) is 1. The van der Waals surface area contributed by atoms with E-state index < -0.39 is 11.6 Å². The average molecular weight is 294 g/mol. The summed E-state index contributed by atoms with van der Waals surface area (Å²) in [4.78, 5) is 2.19. The van der Waals surface area contributed by atoms with Gasteiger partial charge in [0.05, 0.1) is 0 Å². The number of rotatable bonds is 1. The van der Waals surface area contributed by atoms with Crippen molar-refractivity contribution in [3.8, 4) is 0 Å². The van der Waals surface area contributed by atoms with E-state index in [9.17, 15) is 8.78 Å². The van der Waals surface area contributed by atoms with Gasteiger partial charge in [0.1, 0.15) is 11.6 Å². The van der Waals surface area contributed by atoms with E-state index >= 15 is 0 Å². The first-order valence-electron chi connectivity index (χ1n) is 8.09. The van der Waals surface area contributed by atoms with E-state index in [1.165, 1.54) is 44.2 Å². The fourth-order valence-electron chi connectivity index (χ4n) is 3.99. The fraction of sp³-hybridized carbons (Fsp3) is 0.647. The molecule has 2 fully saturated rings. The molecule has 0 aliphatic carbocycles. The molecule has 0 amide bonds. The third kappa shape index (κ3) is 3.54. The summed E-state index contributed by atoms with van der Waals surface area (Å²) in [7, 11) is 0. The number of hydrogen-bond acceptors (Lipinski definition) is 2. The highest BCUT2D eigenvalue weighted by atomic mass is 19.1. The molecule has 2 saturated heterocycles. The molecule has 1 aromatic rings. The van der Waals surface area contributed by atoms with E-state index in [4.69, 9.17) is 0 Å². The predicted molar refractivity (Wildman–Crippen MR) is 81.6 cm³/mol. The van der Waals surface area contributed by atoms with Gasteiger partial charge in [0.15, 0.2) is 0 Å². The van der Waals surface area contributed by atoms with Crippen molar-refractivity contribution in [2.75, 3.05) is 31.1 Å².